The summed E-state index contributed by atoms with van der Waals surface area (Å²) >= 11 is 0. The second-order valence-corrected chi connectivity index (χ2v) is 6.35. The number of halogens is 3. The molecule has 0 saturated carbocycles. The molecule has 0 radical (unpaired) electrons. The van der Waals surface area contributed by atoms with Crippen molar-refractivity contribution in [1.29, 1.82) is 0 Å². The molecule has 0 aromatic heterocycles. The van der Waals surface area contributed by atoms with Crippen molar-refractivity contribution in [2.24, 2.45) is 5.92 Å². The number of nitrogens with one attached hydrogen (secondary N) is 1. The van der Waals surface area contributed by atoms with E-state index in [0.717, 1.165) is 25.0 Å². The van der Waals surface area contributed by atoms with Gasteiger partial charge in [0.25, 0.3) is 0 Å². The number of ether oxygens (including phenoxy) is 1. The smallest absolute Gasteiger partial charge is 0.393 e. The number of aliphatic hydroxyl groups is 1. The topological polar surface area (TPSA) is 58.6 Å². The number of aliphatic hydroxyl groups excluding tert-OH is 1. The minimum Gasteiger partial charge on any atom is -0.393 e. The minimum atomic E-state index is -4.35. The molecule has 1 saturated heterocycles. The molecule has 140 valence electrons. The van der Waals surface area contributed by atoms with Crippen molar-refractivity contribution in [3.8, 4) is 0 Å². The van der Waals surface area contributed by atoms with Crippen LogP contribution in [0, 0.1) is 5.92 Å². The van der Waals surface area contributed by atoms with Crippen LogP contribution in [0.2, 0.25) is 0 Å². The molecule has 1 fully saturated rings. The van der Waals surface area contributed by atoms with E-state index in [9.17, 15) is 23.1 Å². The standard InChI is InChI=1S/C18H24F3NO3/c19-18(20,21)15-4-1-13(2-5-15)3-6-17(24)22-10-7-16(23)14-8-11-25-12-9-14/h1-2,4-5,14,16,23H,3,6-12H2,(H,22,24)/t16-/m0/s1. The van der Waals surface area contributed by atoms with Gasteiger partial charge in [-0.15, -0.1) is 0 Å². The zero-order valence-electron chi connectivity index (χ0n) is 14.0. The van der Waals surface area contributed by atoms with Crippen LogP contribution in [-0.2, 0) is 22.1 Å². The molecule has 2 N–H and O–H groups in total. The highest BCUT2D eigenvalue weighted by Gasteiger charge is 2.29. The molecule has 0 bridgehead atoms. The van der Waals surface area contributed by atoms with E-state index in [-0.39, 0.29) is 18.2 Å². The van der Waals surface area contributed by atoms with Crippen LogP contribution >= 0.6 is 0 Å². The number of aryl methyl sites for hydroxylation is 1. The predicted octanol–water partition coefficient (Wildman–Crippen LogP) is 2.93. The predicted molar refractivity (Wildman–Crippen MR) is 86.9 cm³/mol. The van der Waals surface area contributed by atoms with Gasteiger partial charge in [0, 0.05) is 26.2 Å². The molecule has 0 aliphatic carbocycles. The minimum absolute atomic E-state index is 0.168. The molecule has 1 heterocycles. The highest BCUT2D eigenvalue weighted by atomic mass is 19.4. The van der Waals surface area contributed by atoms with Gasteiger partial charge in [0.05, 0.1) is 11.7 Å². The number of benzene rings is 1. The zero-order chi connectivity index (χ0) is 18.3. The van der Waals surface area contributed by atoms with E-state index in [0.29, 0.717) is 38.2 Å². The number of amides is 1. The molecule has 1 aliphatic rings. The van der Waals surface area contributed by atoms with Crippen LogP contribution in [0.3, 0.4) is 0 Å². The zero-order valence-corrected chi connectivity index (χ0v) is 14.0. The van der Waals surface area contributed by atoms with Crippen LogP contribution in [0.5, 0.6) is 0 Å². The Bertz CT molecular complexity index is 539. The van der Waals surface area contributed by atoms with E-state index in [2.05, 4.69) is 5.32 Å². The average molecular weight is 359 g/mol. The third kappa shape index (κ3) is 6.66. The van der Waals surface area contributed by atoms with Gasteiger partial charge < -0.3 is 15.2 Å². The monoisotopic (exact) mass is 359 g/mol. The Morgan fingerprint density at radius 3 is 2.48 bits per heavy atom. The summed E-state index contributed by atoms with van der Waals surface area (Å²) in [5.74, 6) is 0.0527. The fraction of sp³-hybridized carbons (Fsp3) is 0.611. The van der Waals surface area contributed by atoms with Crippen LogP contribution in [0.15, 0.2) is 24.3 Å². The first kappa shape index (κ1) is 19.7. The lowest BCUT2D eigenvalue weighted by molar-refractivity contribution is -0.137. The molecule has 1 atom stereocenters. The fourth-order valence-corrected chi connectivity index (χ4v) is 2.90. The molecule has 25 heavy (non-hydrogen) atoms. The maximum Gasteiger partial charge on any atom is 0.416 e. The molecule has 1 aliphatic heterocycles. The van der Waals surface area contributed by atoms with Gasteiger partial charge in [-0.2, -0.15) is 13.2 Å². The summed E-state index contributed by atoms with van der Waals surface area (Å²) < 4.78 is 42.7. The van der Waals surface area contributed by atoms with Crippen molar-refractivity contribution < 1.29 is 27.8 Å². The SMILES string of the molecule is O=C(CCc1ccc(C(F)(F)F)cc1)NCC[C@H](O)C1CCOCC1. The number of alkyl halides is 3. The van der Waals surface area contributed by atoms with Gasteiger partial charge in [-0.25, -0.2) is 0 Å². The van der Waals surface area contributed by atoms with Crippen molar-refractivity contribution in [2.75, 3.05) is 19.8 Å². The highest BCUT2D eigenvalue weighted by molar-refractivity contribution is 5.76. The summed E-state index contributed by atoms with van der Waals surface area (Å²) in [4.78, 5) is 11.8. The van der Waals surface area contributed by atoms with Crippen molar-refractivity contribution in [2.45, 2.75) is 44.4 Å². The molecule has 4 nitrogen and oxygen atoms in total. The van der Waals surface area contributed by atoms with E-state index < -0.39 is 17.8 Å². The molecule has 7 heteroatoms. The summed E-state index contributed by atoms with van der Waals surface area (Å²) in [5, 5.41) is 12.8. The number of carbonyl (C=O) groups excluding carboxylic acids is 1. The van der Waals surface area contributed by atoms with Gasteiger partial charge in [0.15, 0.2) is 0 Å². The van der Waals surface area contributed by atoms with Gasteiger partial charge in [0.2, 0.25) is 5.91 Å². The summed E-state index contributed by atoms with van der Waals surface area (Å²) in [5.41, 5.74) is -0.00630. The number of hydrogen-bond donors (Lipinski definition) is 2. The van der Waals surface area contributed by atoms with Gasteiger partial charge in [-0.05, 0) is 49.3 Å². The molecule has 2 rings (SSSR count). The second kappa shape index (κ2) is 9.20. The lowest BCUT2D eigenvalue weighted by Crippen LogP contribution is -2.32. The summed E-state index contributed by atoms with van der Waals surface area (Å²) in [6.07, 6.45) is -2.03. The quantitative estimate of drug-likeness (QED) is 0.787. The largest absolute Gasteiger partial charge is 0.416 e. The molecular weight excluding hydrogens is 335 g/mol. The lowest BCUT2D eigenvalue weighted by Gasteiger charge is -2.26. The van der Waals surface area contributed by atoms with Crippen LogP contribution in [-0.4, -0.2) is 36.9 Å². The Morgan fingerprint density at radius 1 is 1.24 bits per heavy atom. The number of hydrogen-bond acceptors (Lipinski definition) is 3. The van der Waals surface area contributed by atoms with Crippen LogP contribution < -0.4 is 5.32 Å². The maximum absolute atomic E-state index is 12.5. The Morgan fingerprint density at radius 2 is 1.88 bits per heavy atom. The molecule has 0 spiro atoms. The Hall–Kier alpha value is -1.60. The Labute approximate surface area is 145 Å². The highest BCUT2D eigenvalue weighted by Crippen LogP contribution is 2.29. The van der Waals surface area contributed by atoms with Gasteiger partial charge in [-0.1, -0.05) is 12.1 Å². The van der Waals surface area contributed by atoms with Crippen molar-refractivity contribution in [3.05, 3.63) is 35.4 Å². The summed E-state index contributed by atoms with van der Waals surface area (Å²) in [6, 6.07) is 4.84. The van der Waals surface area contributed by atoms with Crippen molar-refractivity contribution in [3.63, 3.8) is 0 Å². The van der Waals surface area contributed by atoms with Gasteiger partial charge in [0.1, 0.15) is 0 Å². The number of carbonyl (C=O) groups is 1. The summed E-state index contributed by atoms with van der Waals surface area (Å²) in [6.45, 7) is 1.73. The first-order valence-corrected chi connectivity index (χ1v) is 8.55. The van der Waals surface area contributed by atoms with E-state index in [1.54, 1.807) is 0 Å². The van der Waals surface area contributed by atoms with Crippen LogP contribution in [0.1, 0.15) is 36.8 Å². The van der Waals surface area contributed by atoms with E-state index in [4.69, 9.17) is 4.74 Å². The summed E-state index contributed by atoms with van der Waals surface area (Å²) in [7, 11) is 0. The first-order chi connectivity index (χ1) is 11.9. The molecule has 1 amide bonds. The Kier molecular flexibility index (Phi) is 7.25. The third-order valence-electron chi connectivity index (χ3n) is 4.49. The third-order valence-corrected chi connectivity index (χ3v) is 4.49. The first-order valence-electron chi connectivity index (χ1n) is 8.55. The molecular formula is C18H24F3NO3. The molecule has 1 aromatic carbocycles. The number of rotatable bonds is 7. The lowest BCUT2D eigenvalue weighted by atomic mass is 9.92. The van der Waals surface area contributed by atoms with E-state index in [1.165, 1.54) is 12.1 Å². The van der Waals surface area contributed by atoms with Crippen molar-refractivity contribution in [1.82, 2.24) is 5.32 Å². The average Bonchev–Trinajstić information content (AvgIpc) is 2.60. The van der Waals surface area contributed by atoms with Crippen molar-refractivity contribution >= 4 is 5.91 Å². The second-order valence-electron chi connectivity index (χ2n) is 6.35. The maximum atomic E-state index is 12.5. The Balaban J connectivity index is 1.65. The normalized spacial score (nSPS) is 17.3. The fourth-order valence-electron chi connectivity index (χ4n) is 2.90. The van der Waals surface area contributed by atoms with E-state index >= 15 is 0 Å². The van der Waals surface area contributed by atoms with Crippen LogP contribution in [0.25, 0.3) is 0 Å². The van der Waals surface area contributed by atoms with Crippen LogP contribution in [0.4, 0.5) is 13.2 Å². The van der Waals surface area contributed by atoms with Gasteiger partial charge in [-0.3, -0.25) is 4.79 Å². The molecule has 0 unspecified atom stereocenters. The van der Waals surface area contributed by atoms with E-state index in [1.807, 2.05) is 0 Å². The van der Waals surface area contributed by atoms with Gasteiger partial charge >= 0.3 is 6.18 Å². The molecule has 1 aromatic rings.